The lowest BCUT2D eigenvalue weighted by Crippen LogP contribution is -2.50. The summed E-state index contributed by atoms with van der Waals surface area (Å²) < 4.78 is 26.9. The summed E-state index contributed by atoms with van der Waals surface area (Å²) in [5.41, 5.74) is 1.39. The molecule has 0 unspecified atom stereocenters. The fraction of sp³-hybridized carbons (Fsp3) is 0.300. The number of sulfonamides is 1. The van der Waals surface area contributed by atoms with Gasteiger partial charge in [-0.1, -0.05) is 30.3 Å². The SMILES string of the molecule is Cc1nc(-c2ncccn2)sc1C(=O)N1CCN(S(=O)(=O)Cc2ccccc2)CC1. The lowest BCUT2D eigenvalue weighted by atomic mass is 10.2. The topological polar surface area (TPSA) is 96.4 Å². The number of carbonyl (C=O) groups is 1. The monoisotopic (exact) mass is 443 g/mol. The van der Waals surface area contributed by atoms with E-state index in [1.54, 1.807) is 42.4 Å². The van der Waals surface area contributed by atoms with E-state index in [-0.39, 0.29) is 24.7 Å². The fourth-order valence-corrected chi connectivity index (χ4v) is 5.79. The molecule has 0 bridgehead atoms. The van der Waals surface area contributed by atoms with E-state index < -0.39 is 10.0 Å². The van der Waals surface area contributed by atoms with Crippen LogP contribution >= 0.6 is 11.3 Å². The van der Waals surface area contributed by atoms with E-state index in [0.717, 1.165) is 5.56 Å². The van der Waals surface area contributed by atoms with Gasteiger partial charge in [0.25, 0.3) is 5.91 Å². The van der Waals surface area contributed by atoms with Gasteiger partial charge in [-0.05, 0) is 18.6 Å². The first-order chi connectivity index (χ1) is 14.4. The van der Waals surface area contributed by atoms with E-state index >= 15 is 0 Å². The van der Waals surface area contributed by atoms with Crippen molar-refractivity contribution >= 4 is 27.3 Å². The highest BCUT2D eigenvalue weighted by Crippen LogP contribution is 2.27. The maximum Gasteiger partial charge on any atom is 0.265 e. The molecule has 4 rings (SSSR count). The van der Waals surface area contributed by atoms with E-state index in [1.807, 2.05) is 18.2 Å². The molecule has 8 nitrogen and oxygen atoms in total. The molecule has 3 aromatic rings. The Bertz CT molecular complexity index is 1130. The van der Waals surface area contributed by atoms with Crippen LogP contribution in [0.5, 0.6) is 0 Å². The van der Waals surface area contributed by atoms with Crippen LogP contribution in [0.15, 0.2) is 48.8 Å². The van der Waals surface area contributed by atoms with Crippen molar-refractivity contribution in [2.75, 3.05) is 26.2 Å². The molecular weight excluding hydrogens is 422 g/mol. The summed E-state index contributed by atoms with van der Waals surface area (Å²) in [6, 6.07) is 10.8. The zero-order chi connectivity index (χ0) is 21.1. The summed E-state index contributed by atoms with van der Waals surface area (Å²) in [5.74, 6) is 0.324. The number of aryl methyl sites for hydroxylation is 1. The number of hydrogen-bond donors (Lipinski definition) is 0. The lowest BCUT2D eigenvalue weighted by molar-refractivity contribution is 0.0701. The number of hydrogen-bond acceptors (Lipinski definition) is 7. The number of piperazine rings is 1. The van der Waals surface area contributed by atoms with Crippen molar-refractivity contribution in [2.45, 2.75) is 12.7 Å². The van der Waals surface area contributed by atoms with Crippen molar-refractivity contribution in [1.29, 1.82) is 0 Å². The first kappa shape index (κ1) is 20.6. The van der Waals surface area contributed by atoms with E-state index in [4.69, 9.17) is 0 Å². The standard InChI is InChI=1S/C20H21N5O3S2/c1-15-17(29-19(23-15)18-21-8-5-9-22-18)20(26)24-10-12-25(13-11-24)30(27,28)14-16-6-3-2-4-7-16/h2-9H,10-14H2,1H3. The van der Waals surface area contributed by atoms with E-state index in [2.05, 4.69) is 15.0 Å². The van der Waals surface area contributed by atoms with Gasteiger partial charge in [-0.25, -0.2) is 23.4 Å². The van der Waals surface area contributed by atoms with Crippen LogP contribution in [0.1, 0.15) is 20.9 Å². The molecule has 1 aliphatic heterocycles. The van der Waals surface area contributed by atoms with Crippen LogP contribution in [0.4, 0.5) is 0 Å². The molecule has 30 heavy (non-hydrogen) atoms. The Hall–Kier alpha value is -2.69. The van der Waals surface area contributed by atoms with Crippen molar-refractivity contribution in [3.63, 3.8) is 0 Å². The number of rotatable bonds is 5. The molecule has 1 aromatic carbocycles. The Morgan fingerprint density at radius 2 is 1.70 bits per heavy atom. The molecule has 1 saturated heterocycles. The predicted molar refractivity (Wildman–Crippen MR) is 114 cm³/mol. The second-order valence-corrected chi connectivity index (χ2v) is 9.91. The third-order valence-electron chi connectivity index (χ3n) is 4.86. The van der Waals surface area contributed by atoms with Crippen LogP contribution in [0, 0.1) is 6.92 Å². The largest absolute Gasteiger partial charge is 0.335 e. The minimum absolute atomic E-state index is 0.0316. The second kappa shape index (κ2) is 8.58. The zero-order valence-corrected chi connectivity index (χ0v) is 18.1. The van der Waals surface area contributed by atoms with Crippen molar-refractivity contribution < 1.29 is 13.2 Å². The van der Waals surface area contributed by atoms with Gasteiger partial charge in [-0.2, -0.15) is 4.31 Å². The summed E-state index contributed by atoms with van der Waals surface area (Å²) >= 11 is 1.26. The first-order valence-corrected chi connectivity index (χ1v) is 11.9. The zero-order valence-electron chi connectivity index (χ0n) is 16.4. The van der Waals surface area contributed by atoms with Crippen LogP contribution in [-0.4, -0.2) is 64.7 Å². The number of carbonyl (C=O) groups excluding carboxylic acids is 1. The minimum atomic E-state index is -3.42. The Kier molecular flexibility index (Phi) is 5.89. The molecule has 1 aliphatic rings. The quantitative estimate of drug-likeness (QED) is 0.600. The van der Waals surface area contributed by atoms with Gasteiger partial charge in [0.2, 0.25) is 10.0 Å². The first-order valence-electron chi connectivity index (χ1n) is 9.50. The summed E-state index contributed by atoms with van der Waals surface area (Å²) in [4.78, 5) is 28.0. The number of aromatic nitrogens is 3. The van der Waals surface area contributed by atoms with Gasteiger partial charge in [0.05, 0.1) is 11.4 Å². The molecule has 0 spiro atoms. The van der Waals surface area contributed by atoms with Gasteiger partial charge in [-0.15, -0.1) is 11.3 Å². The third kappa shape index (κ3) is 4.40. The Balaban J connectivity index is 1.42. The maximum absolute atomic E-state index is 13.0. The van der Waals surface area contributed by atoms with Crippen LogP contribution in [-0.2, 0) is 15.8 Å². The van der Waals surface area contributed by atoms with Crippen LogP contribution < -0.4 is 0 Å². The molecular formula is C20H21N5O3S2. The molecule has 3 heterocycles. The average Bonchev–Trinajstić information content (AvgIpc) is 3.16. The lowest BCUT2D eigenvalue weighted by Gasteiger charge is -2.33. The normalized spacial score (nSPS) is 15.3. The van der Waals surface area contributed by atoms with Crippen LogP contribution in [0.25, 0.3) is 10.8 Å². The van der Waals surface area contributed by atoms with Crippen molar-refractivity contribution in [2.24, 2.45) is 0 Å². The van der Waals surface area contributed by atoms with Gasteiger partial charge < -0.3 is 4.90 Å². The summed E-state index contributed by atoms with van der Waals surface area (Å²) in [5, 5.41) is 0.598. The number of nitrogens with zero attached hydrogens (tertiary/aromatic N) is 5. The van der Waals surface area contributed by atoms with E-state index in [0.29, 0.717) is 34.5 Å². The molecule has 10 heteroatoms. The molecule has 1 amide bonds. The van der Waals surface area contributed by atoms with Crippen molar-refractivity contribution in [3.05, 3.63) is 64.9 Å². The molecule has 1 fully saturated rings. The molecule has 2 aromatic heterocycles. The molecule has 0 saturated carbocycles. The van der Waals surface area contributed by atoms with Crippen LogP contribution in [0.3, 0.4) is 0 Å². The smallest absolute Gasteiger partial charge is 0.265 e. The molecule has 0 atom stereocenters. The van der Waals surface area contributed by atoms with E-state index in [1.165, 1.54) is 15.6 Å². The highest BCUT2D eigenvalue weighted by atomic mass is 32.2. The maximum atomic E-state index is 13.0. The van der Waals surface area contributed by atoms with Gasteiger partial charge in [0, 0.05) is 38.6 Å². The van der Waals surface area contributed by atoms with Crippen LogP contribution in [0.2, 0.25) is 0 Å². The van der Waals surface area contributed by atoms with Gasteiger partial charge in [-0.3, -0.25) is 4.79 Å². The van der Waals surface area contributed by atoms with Crippen molar-refractivity contribution in [3.8, 4) is 10.8 Å². The van der Waals surface area contributed by atoms with Gasteiger partial charge in [0.15, 0.2) is 10.8 Å². The number of amides is 1. The molecule has 0 radical (unpaired) electrons. The third-order valence-corrected chi connectivity index (χ3v) is 7.85. The molecule has 0 N–H and O–H groups in total. The highest BCUT2D eigenvalue weighted by Gasteiger charge is 2.31. The molecule has 0 aliphatic carbocycles. The van der Waals surface area contributed by atoms with Gasteiger partial charge >= 0.3 is 0 Å². The van der Waals surface area contributed by atoms with E-state index in [9.17, 15) is 13.2 Å². The Morgan fingerprint density at radius 1 is 1.03 bits per heavy atom. The minimum Gasteiger partial charge on any atom is -0.335 e. The number of thiazole rings is 1. The summed E-state index contributed by atoms with van der Waals surface area (Å²) in [6.07, 6.45) is 3.27. The predicted octanol–water partition coefficient (Wildman–Crippen LogP) is 2.20. The summed E-state index contributed by atoms with van der Waals surface area (Å²) in [6.45, 7) is 3.06. The summed E-state index contributed by atoms with van der Waals surface area (Å²) in [7, 11) is -3.42. The van der Waals surface area contributed by atoms with Gasteiger partial charge in [0.1, 0.15) is 4.88 Å². The highest BCUT2D eigenvalue weighted by molar-refractivity contribution is 7.88. The van der Waals surface area contributed by atoms with Crippen molar-refractivity contribution in [1.82, 2.24) is 24.2 Å². The second-order valence-electron chi connectivity index (χ2n) is 6.94. The molecule has 156 valence electrons. The number of benzene rings is 1. The average molecular weight is 444 g/mol. The fourth-order valence-electron chi connectivity index (χ4n) is 3.29. The Labute approximate surface area is 179 Å². The Morgan fingerprint density at radius 3 is 2.37 bits per heavy atom.